The molecule has 1 aromatic heterocycles. The van der Waals surface area contributed by atoms with Gasteiger partial charge in [-0.05, 0) is 36.6 Å². The lowest BCUT2D eigenvalue weighted by Crippen LogP contribution is -2.31. The maximum Gasteiger partial charge on any atom is 0.227 e. The zero-order valence-electron chi connectivity index (χ0n) is 16.8. The van der Waals surface area contributed by atoms with Gasteiger partial charge in [-0.15, -0.1) is 0 Å². The number of sulfone groups is 1. The minimum Gasteiger partial charge on any atom is -0.370 e. The standard InChI is InChI=1S/C20H29FN4O2S/c1-16(2)14-25-19(13-22-20(25)28(3,26)27)15-23-9-4-10-24(12-11-23)18-7-5-17(21)6-8-18/h5-8,13,16H,4,9-12,14-15H2,1-3H3. The highest BCUT2D eigenvalue weighted by Crippen LogP contribution is 2.20. The van der Waals surface area contributed by atoms with Crippen LogP contribution in [0.2, 0.25) is 0 Å². The summed E-state index contributed by atoms with van der Waals surface area (Å²) in [6, 6.07) is 6.63. The molecule has 6 nitrogen and oxygen atoms in total. The van der Waals surface area contributed by atoms with Gasteiger partial charge in [0, 0.05) is 51.2 Å². The monoisotopic (exact) mass is 408 g/mol. The van der Waals surface area contributed by atoms with Gasteiger partial charge in [0.15, 0.2) is 0 Å². The number of anilines is 1. The Kier molecular flexibility index (Phi) is 6.40. The van der Waals surface area contributed by atoms with Crippen LogP contribution in [-0.4, -0.2) is 55.3 Å². The molecule has 3 rings (SSSR count). The fourth-order valence-electron chi connectivity index (χ4n) is 3.64. The van der Waals surface area contributed by atoms with Gasteiger partial charge in [-0.2, -0.15) is 0 Å². The molecule has 1 aliphatic rings. The summed E-state index contributed by atoms with van der Waals surface area (Å²) in [5, 5.41) is 0.152. The predicted octanol–water partition coefficient (Wildman–Crippen LogP) is 2.79. The molecule has 1 fully saturated rings. The van der Waals surface area contributed by atoms with E-state index in [-0.39, 0.29) is 11.0 Å². The van der Waals surface area contributed by atoms with Crippen molar-refractivity contribution in [1.82, 2.24) is 14.5 Å². The maximum absolute atomic E-state index is 13.2. The second-order valence-corrected chi connectivity index (χ2v) is 9.81. The maximum atomic E-state index is 13.2. The van der Waals surface area contributed by atoms with Crippen molar-refractivity contribution in [2.75, 3.05) is 37.3 Å². The molecule has 1 aliphatic heterocycles. The fourth-order valence-corrected chi connectivity index (χ4v) is 4.48. The summed E-state index contributed by atoms with van der Waals surface area (Å²) in [6.45, 7) is 9.01. The van der Waals surface area contributed by atoms with Crippen LogP contribution in [0.5, 0.6) is 0 Å². The molecule has 8 heteroatoms. The van der Waals surface area contributed by atoms with Gasteiger partial charge in [-0.3, -0.25) is 4.90 Å². The van der Waals surface area contributed by atoms with Crippen molar-refractivity contribution in [1.29, 1.82) is 0 Å². The van der Waals surface area contributed by atoms with Crippen molar-refractivity contribution in [3.05, 3.63) is 42.0 Å². The van der Waals surface area contributed by atoms with E-state index in [9.17, 15) is 12.8 Å². The number of benzene rings is 1. The summed E-state index contributed by atoms with van der Waals surface area (Å²) in [7, 11) is -3.36. The molecule has 0 N–H and O–H groups in total. The van der Waals surface area contributed by atoms with Gasteiger partial charge >= 0.3 is 0 Å². The summed E-state index contributed by atoms with van der Waals surface area (Å²) in [5.41, 5.74) is 1.97. The second-order valence-electron chi connectivity index (χ2n) is 7.90. The van der Waals surface area contributed by atoms with Crippen molar-refractivity contribution in [3.63, 3.8) is 0 Å². The van der Waals surface area contributed by atoms with Crippen LogP contribution < -0.4 is 4.90 Å². The van der Waals surface area contributed by atoms with Crippen LogP contribution in [0.15, 0.2) is 35.6 Å². The van der Waals surface area contributed by atoms with Crippen molar-refractivity contribution in [2.24, 2.45) is 5.92 Å². The summed E-state index contributed by atoms with van der Waals surface area (Å²) >= 11 is 0. The first-order valence-electron chi connectivity index (χ1n) is 9.71. The van der Waals surface area contributed by atoms with Crippen molar-refractivity contribution in [2.45, 2.75) is 38.5 Å². The second kappa shape index (κ2) is 8.61. The molecule has 154 valence electrons. The Morgan fingerprint density at radius 2 is 1.82 bits per heavy atom. The Balaban J connectivity index is 1.72. The average molecular weight is 409 g/mol. The fraction of sp³-hybridized carbons (Fsp3) is 0.550. The first kappa shape index (κ1) is 20.8. The van der Waals surface area contributed by atoms with Crippen LogP contribution >= 0.6 is 0 Å². The highest BCUT2D eigenvalue weighted by atomic mass is 32.2. The van der Waals surface area contributed by atoms with Crippen LogP contribution in [0.3, 0.4) is 0 Å². The summed E-state index contributed by atoms with van der Waals surface area (Å²) < 4.78 is 39.2. The molecule has 28 heavy (non-hydrogen) atoms. The van der Waals surface area contributed by atoms with Crippen molar-refractivity contribution >= 4 is 15.5 Å². The van der Waals surface area contributed by atoms with E-state index in [0.717, 1.165) is 44.0 Å². The predicted molar refractivity (Wildman–Crippen MR) is 109 cm³/mol. The third-order valence-electron chi connectivity index (χ3n) is 4.95. The first-order valence-corrected chi connectivity index (χ1v) is 11.6. The zero-order chi connectivity index (χ0) is 20.3. The Bertz CT molecular complexity index is 893. The molecule has 0 radical (unpaired) electrons. The molecule has 1 aromatic carbocycles. The van der Waals surface area contributed by atoms with Gasteiger partial charge in [0.1, 0.15) is 5.82 Å². The number of hydrogen-bond acceptors (Lipinski definition) is 5. The smallest absolute Gasteiger partial charge is 0.227 e. The number of hydrogen-bond donors (Lipinski definition) is 0. The molecule has 0 saturated carbocycles. The Hall–Kier alpha value is -1.93. The van der Waals surface area contributed by atoms with Crippen LogP contribution in [0.25, 0.3) is 0 Å². The third-order valence-corrected chi connectivity index (χ3v) is 5.94. The van der Waals surface area contributed by atoms with Gasteiger partial charge in [0.05, 0.1) is 11.9 Å². The van der Waals surface area contributed by atoms with E-state index < -0.39 is 9.84 Å². The zero-order valence-corrected chi connectivity index (χ0v) is 17.6. The van der Waals surface area contributed by atoms with Crippen LogP contribution in [0.1, 0.15) is 26.0 Å². The minimum absolute atomic E-state index is 0.152. The van der Waals surface area contributed by atoms with E-state index in [1.807, 2.05) is 16.7 Å². The highest BCUT2D eigenvalue weighted by molar-refractivity contribution is 7.90. The van der Waals surface area contributed by atoms with E-state index in [0.29, 0.717) is 19.0 Å². The minimum atomic E-state index is -3.36. The molecule has 0 aliphatic carbocycles. The molecule has 0 amide bonds. The Labute approximate surface area is 166 Å². The summed E-state index contributed by atoms with van der Waals surface area (Å²) in [6.07, 6.45) is 3.90. The molecular weight excluding hydrogens is 379 g/mol. The first-order chi connectivity index (χ1) is 13.2. The van der Waals surface area contributed by atoms with Crippen LogP contribution in [0.4, 0.5) is 10.1 Å². The topological polar surface area (TPSA) is 58.4 Å². The molecule has 0 spiro atoms. The van der Waals surface area contributed by atoms with Gasteiger partial charge in [0.25, 0.3) is 0 Å². The average Bonchev–Trinajstić information content (AvgIpc) is 2.85. The number of halogens is 1. The van der Waals surface area contributed by atoms with Gasteiger partial charge < -0.3 is 9.47 Å². The lowest BCUT2D eigenvalue weighted by molar-refractivity contribution is 0.274. The number of imidazole rings is 1. The van der Waals surface area contributed by atoms with E-state index in [4.69, 9.17) is 0 Å². The van der Waals surface area contributed by atoms with E-state index in [1.54, 1.807) is 6.20 Å². The SMILES string of the molecule is CC(C)Cn1c(CN2CCCN(c3ccc(F)cc3)CC2)cnc1S(C)(=O)=O. The third kappa shape index (κ3) is 5.11. The van der Waals surface area contributed by atoms with E-state index >= 15 is 0 Å². The summed E-state index contributed by atoms with van der Waals surface area (Å²) in [4.78, 5) is 8.81. The molecule has 2 heterocycles. The number of aromatic nitrogens is 2. The normalized spacial score (nSPS) is 16.5. The molecule has 0 bridgehead atoms. The van der Waals surface area contributed by atoms with Gasteiger partial charge in [0.2, 0.25) is 15.0 Å². The molecular formula is C20H29FN4O2S. The molecule has 2 aromatic rings. The van der Waals surface area contributed by atoms with Crippen molar-refractivity contribution in [3.8, 4) is 0 Å². The number of nitrogens with zero attached hydrogens (tertiary/aromatic N) is 4. The quantitative estimate of drug-likeness (QED) is 0.736. The van der Waals surface area contributed by atoms with Gasteiger partial charge in [-0.25, -0.2) is 17.8 Å². The van der Waals surface area contributed by atoms with E-state index in [1.165, 1.54) is 18.4 Å². The lowest BCUT2D eigenvalue weighted by Gasteiger charge is -2.24. The molecule has 0 atom stereocenters. The Morgan fingerprint density at radius 1 is 1.11 bits per heavy atom. The van der Waals surface area contributed by atoms with Gasteiger partial charge in [-0.1, -0.05) is 13.8 Å². The number of rotatable bonds is 6. The van der Waals surface area contributed by atoms with Crippen LogP contribution in [-0.2, 0) is 22.9 Å². The van der Waals surface area contributed by atoms with E-state index in [2.05, 4.69) is 28.6 Å². The Morgan fingerprint density at radius 3 is 2.46 bits per heavy atom. The van der Waals surface area contributed by atoms with Crippen LogP contribution in [0, 0.1) is 11.7 Å². The van der Waals surface area contributed by atoms with Crippen molar-refractivity contribution < 1.29 is 12.8 Å². The lowest BCUT2D eigenvalue weighted by atomic mass is 10.2. The molecule has 1 saturated heterocycles. The highest BCUT2D eigenvalue weighted by Gasteiger charge is 2.22. The molecule has 0 unspecified atom stereocenters. The largest absolute Gasteiger partial charge is 0.370 e. The summed E-state index contributed by atoms with van der Waals surface area (Å²) in [5.74, 6) is 0.104.